The number of halogens is 6. The van der Waals surface area contributed by atoms with E-state index in [0.717, 1.165) is 44.3 Å². The Morgan fingerprint density at radius 3 is 0.803 bits per heavy atom. The molecule has 2 heterocycles. The molecule has 10 rings (SSSR count). The number of rotatable bonds is 9. The zero-order valence-electron chi connectivity index (χ0n) is 35.4. The normalized spacial score (nSPS) is 11.1. The quantitative estimate of drug-likeness (QED) is 0.135. The standard InChI is InChI=1S/C56H40N2.2CHCl3/c1-7-19-39(20-8-1)47-37-53(55(41-23-11-3-12-24-41)42-25-13-4-14-26-42)57-51-33-31-45(35-49(47)51)46-32-34-52-50(36-46)48(40-21-9-2-10-22-40)38-54(58-52)56(43-27-15-5-16-28-43)44-29-17-6-18-30-44;2*2-1(3)4/h1-38,55-56H;2*1H. The van der Waals surface area contributed by atoms with Crippen molar-refractivity contribution in [2.24, 2.45) is 0 Å². The second-order valence-corrected chi connectivity index (χ2v) is 19.3. The lowest BCUT2D eigenvalue weighted by molar-refractivity contribution is 0.930. The number of aromatic nitrogens is 2. The van der Waals surface area contributed by atoms with E-state index in [0.29, 0.717) is 0 Å². The summed E-state index contributed by atoms with van der Waals surface area (Å²) in [7, 11) is 0. The van der Waals surface area contributed by atoms with Crippen LogP contribution in [0.3, 0.4) is 0 Å². The predicted octanol–water partition coefficient (Wildman–Crippen LogP) is 18.1. The molecule has 326 valence electrons. The van der Waals surface area contributed by atoms with Crippen LogP contribution >= 0.6 is 69.6 Å². The zero-order valence-corrected chi connectivity index (χ0v) is 39.9. The lowest BCUT2D eigenvalue weighted by Crippen LogP contribution is -2.06. The van der Waals surface area contributed by atoms with Crippen LogP contribution in [0.5, 0.6) is 0 Å². The van der Waals surface area contributed by atoms with Crippen LogP contribution in [0, 0.1) is 0 Å². The molecule has 0 amide bonds. The van der Waals surface area contributed by atoms with Gasteiger partial charge in [0.15, 0.2) is 8.59 Å². The zero-order chi connectivity index (χ0) is 45.8. The summed E-state index contributed by atoms with van der Waals surface area (Å²) in [6.45, 7) is 0. The van der Waals surface area contributed by atoms with E-state index in [1.54, 1.807) is 0 Å². The van der Waals surface area contributed by atoms with Gasteiger partial charge in [0.05, 0.1) is 34.3 Å². The maximum atomic E-state index is 5.42. The SMILES string of the molecule is ClC(Cl)Cl.ClC(Cl)Cl.c1ccc(-c2cc(C(c3ccccc3)c3ccccc3)nc3ccc(-c4ccc5nc(C(c6ccccc6)c6ccccc6)cc(-c6ccccc6)c5c4)cc23)cc1. The summed E-state index contributed by atoms with van der Waals surface area (Å²) in [5.41, 5.74) is 15.8. The summed E-state index contributed by atoms with van der Waals surface area (Å²) in [6, 6.07) is 82.4. The summed E-state index contributed by atoms with van der Waals surface area (Å²) in [5, 5.41) is 2.25. The van der Waals surface area contributed by atoms with Gasteiger partial charge in [0.1, 0.15) is 0 Å². The van der Waals surface area contributed by atoms with Crippen LogP contribution in [0.4, 0.5) is 0 Å². The third-order valence-electron chi connectivity index (χ3n) is 11.3. The van der Waals surface area contributed by atoms with Gasteiger partial charge in [0, 0.05) is 10.8 Å². The first-order chi connectivity index (χ1) is 32.2. The van der Waals surface area contributed by atoms with Crippen LogP contribution in [0.2, 0.25) is 0 Å². The Kier molecular flexibility index (Phi) is 16.1. The molecule has 0 fully saturated rings. The van der Waals surface area contributed by atoms with Gasteiger partial charge in [0.2, 0.25) is 0 Å². The molecule has 2 nitrogen and oxygen atoms in total. The van der Waals surface area contributed by atoms with E-state index < -0.39 is 8.59 Å². The van der Waals surface area contributed by atoms with E-state index in [2.05, 4.69) is 231 Å². The van der Waals surface area contributed by atoms with Crippen LogP contribution < -0.4 is 0 Å². The van der Waals surface area contributed by atoms with Gasteiger partial charge in [-0.25, -0.2) is 0 Å². The second-order valence-electron chi connectivity index (χ2n) is 15.4. The molecule has 0 saturated carbocycles. The summed E-state index contributed by atoms with van der Waals surface area (Å²) in [5.74, 6) is -0.0155. The third kappa shape index (κ3) is 11.6. The van der Waals surface area contributed by atoms with Crippen LogP contribution in [0.25, 0.3) is 55.2 Å². The number of hydrogen-bond donors (Lipinski definition) is 0. The van der Waals surface area contributed by atoms with Gasteiger partial charge in [0.25, 0.3) is 0 Å². The molecule has 0 radical (unpaired) electrons. The molecule has 0 aliphatic carbocycles. The topological polar surface area (TPSA) is 25.8 Å². The second kappa shape index (κ2) is 22.7. The fourth-order valence-corrected chi connectivity index (χ4v) is 8.51. The van der Waals surface area contributed by atoms with Gasteiger partial charge in [-0.1, -0.05) is 264 Å². The van der Waals surface area contributed by atoms with E-state index in [1.807, 2.05) is 0 Å². The van der Waals surface area contributed by atoms with Gasteiger partial charge >= 0.3 is 0 Å². The van der Waals surface area contributed by atoms with Crippen molar-refractivity contribution in [2.45, 2.75) is 20.4 Å². The molecule has 0 saturated heterocycles. The van der Waals surface area contributed by atoms with Crippen molar-refractivity contribution in [2.75, 3.05) is 0 Å². The van der Waals surface area contributed by atoms with Gasteiger partial charge in [-0.05, 0) is 92.0 Å². The van der Waals surface area contributed by atoms with Crippen molar-refractivity contribution in [1.29, 1.82) is 0 Å². The third-order valence-corrected chi connectivity index (χ3v) is 11.3. The molecule has 8 heteroatoms. The number of nitrogens with zero attached hydrogens (tertiary/aromatic N) is 2. The molecule has 8 aromatic carbocycles. The first-order valence-corrected chi connectivity index (χ1v) is 23.9. The fourth-order valence-electron chi connectivity index (χ4n) is 8.51. The lowest BCUT2D eigenvalue weighted by Gasteiger charge is -2.21. The van der Waals surface area contributed by atoms with E-state index in [1.165, 1.54) is 44.5 Å². The maximum absolute atomic E-state index is 5.42. The monoisotopic (exact) mass is 976 g/mol. The van der Waals surface area contributed by atoms with Crippen molar-refractivity contribution in [3.8, 4) is 33.4 Å². The van der Waals surface area contributed by atoms with Crippen LogP contribution in [0.15, 0.2) is 231 Å². The molecular weight excluding hydrogens is 937 g/mol. The summed E-state index contributed by atoms with van der Waals surface area (Å²) in [6.07, 6.45) is 0. The molecule has 0 atom stereocenters. The Morgan fingerprint density at radius 2 is 0.530 bits per heavy atom. The molecule has 66 heavy (non-hydrogen) atoms. The summed E-state index contributed by atoms with van der Waals surface area (Å²) < 4.78 is -1.50. The molecule has 0 spiro atoms. The Balaban J connectivity index is 0.000000687. The van der Waals surface area contributed by atoms with Crippen LogP contribution in [-0.4, -0.2) is 18.6 Å². The number of alkyl halides is 6. The van der Waals surface area contributed by atoms with Crippen LogP contribution in [-0.2, 0) is 0 Å². The summed E-state index contributed by atoms with van der Waals surface area (Å²) >= 11 is 28.8. The molecule has 10 aromatic rings. The maximum Gasteiger partial charge on any atom is 0.180 e. The van der Waals surface area contributed by atoms with Crippen molar-refractivity contribution in [3.05, 3.63) is 264 Å². The number of hydrogen-bond acceptors (Lipinski definition) is 2. The molecule has 0 N–H and O–H groups in total. The number of pyridine rings is 2. The van der Waals surface area contributed by atoms with Gasteiger partial charge in [-0.3, -0.25) is 9.97 Å². The Morgan fingerprint density at radius 1 is 0.273 bits per heavy atom. The lowest BCUT2D eigenvalue weighted by atomic mass is 9.86. The highest BCUT2D eigenvalue weighted by molar-refractivity contribution is 6.63. The van der Waals surface area contributed by atoms with Crippen molar-refractivity contribution >= 4 is 91.4 Å². The van der Waals surface area contributed by atoms with Gasteiger partial charge in [-0.2, -0.15) is 0 Å². The minimum atomic E-state index is -0.750. The van der Waals surface area contributed by atoms with Crippen LogP contribution in [0.1, 0.15) is 45.5 Å². The predicted molar refractivity (Wildman–Crippen MR) is 284 cm³/mol. The highest BCUT2D eigenvalue weighted by atomic mass is 35.6. The molecule has 0 aliphatic heterocycles. The van der Waals surface area contributed by atoms with Gasteiger partial charge < -0.3 is 0 Å². The fraction of sp³-hybridized carbons (Fsp3) is 0.0690. The first-order valence-electron chi connectivity index (χ1n) is 21.3. The van der Waals surface area contributed by atoms with E-state index in [4.69, 9.17) is 79.6 Å². The largest absolute Gasteiger partial charge is 0.252 e. The average molecular weight is 980 g/mol. The number of fused-ring (bicyclic) bond motifs is 2. The molecule has 0 unspecified atom stereocenters. The van der Waals surface area contributed by atoms with E-state index in [-0.39, 0.29) is 11.8 Å². The Hall–Kier alpha value is -5.68. The minimum Gasteiger partial charge on any atom is -0.252 e. The molecular formula is C58H42Cl6N2. The highest BCUT2D eigenvalue weighted by Gasteiger charge is 2.23. The van der Waals surface area contributed by atoms with Crippen molar-refractivity contribution < 1.29 is 0 Å². The minimum absolute atomic E-state index is 0.00777. The molecule has 0 aliphatic rings. The Labute approximate surface area is 416 Å². The number of benzene rings is 8. The van der Waals surface area contributed by atoms with Gasteiger partial charge in [-0.15, -0.1) is 0 Å². The summed E-state index contributed by atoms with van der Waals surface area (Å²) in [4.78, 5) is 10.8. The van der Waals surface area contributed by atoms with Crippen molar-refractivity contribution in [3.63, 3.8) is 0 Å². The Bertz CT molecular complexity index is 2800. The smallest absolute Gasteiger partial charge is 0.180 e. The van der Waals surface area contributed by atoms with E-state index in [9.17, 15) is 0 Å². The average Bonchev–Trinajstić information content (AvgIpc) is 3.35. The molecule has 2 aromatic heterocycles. The highest BCUT2D eigenvalue weighted by Crippen LogP contribution is 2.40. The van der Waals surface area contributed by atoms with Crippen molar-refractivity contribution in [1.82, 2.24) is 9.97 Å². The molecule has 0 bridgehead atoms. The van der Waals surface area contributed by atoms with E-state index >= 15 is 0 Å². The first kappa shape index (κ1) is 46.8.